The third kappa shape index (κ3) is 4.86. The van der Waals surface area contributed by atoms with Crippen LogP contribution in [0.25, 0.3) is 0 Å². The lowest BCUT2D eigenvalue weighted by atomic mass is 10.2. The quantitative estimate of drug-likeness (QED) is 0.832. The molecule has 0 aliphatic heterocycles. The maximum atomic E-state index is 11.5. The minimum absolute atomic E-state index is 0.0918. The Balaban J connectivity index is 2.58. The number of hydrogen-bond acceptors (Lipinski definition) is 4. The van der Waals surface area contributed by atoms with E-state index in [1.165, 1.54) is 12.5 Å². The van der Waals surface area contributed by atoms with Gasteiger partial charge in [0.15, 0.2) is 0 Å². The number of nitrogens with zero attached hydrogens (tertiary/aromatic N) is 2. The van der Waals surface area contributed by atoms with Crippen molar-refractivity contribution in [1.82, 2.24) is 14.9 Å². The van der Waals surface area contributed by atoms with Gasteiger partial charge in [-0.3, -0.25) is 0 Å². The van der Waals surface area contributed by atoms with Crippen LogP contribution in [0.5, 0.6) is 0 Å². The van der Waals surface area contributed by atoms with E-state index in [1.807, 2.05) is 0 Å². The van der Waals surface area contributed by atoms with E-state index in [0.29, 0.717) is 0 Å². The molecule has 0 saturated heterocycles. The van der Waals surface area contributed by atoms with Gasteiger partial charge in [0.2, 0.25) is 0 Å². The molecule has 0 aliphatic rings. The van der Waals surface area contributed by atoms with Crippen LogP contribution in [0.4, 0.5) is 4.79 Å². The van der Waals surface area contributed by atoms with Crippen LogP contribution in [0.3, 0.4) is 0 Å². The fourth-order valence-corrected chi connectivity index (χ4v) is 1.24. The Morgan fingerprint density at radius 1 is 1.50 bits per heavy atom. The van der Waals surface area contributed by atoms with Gasteiger partial charge in [-0.25, -0.2) is 14.6 Å². The zero-order valence-electron chi connectivity index (χ0n) is 10.6. The summed E-state index contributed by atoms with van der Waals surface area (Å²) >= 11 is 0. The predicted octanol–water partition coefficient (Wildman–Crippen LogP) is 0.861. The van der Waals surface area contributed by atoms with Crippen LogP contribution in [0.1, 0.15) is 20.8 Å². The molecule has 0 radical (unpaired) electrons. The SMILES string of the molecule is CC(C)(C)OC(=O)NC(Cn1ccnc1)C(=O)O. The smallest absolute Gasteiger partial charge is 0.408 e. The van der Waals surface area contributed by atoms with Gasteiger partial charge in [-0.05, 0) is 20.8 Å². The number of imidazole rings is 1. The number of carboxylic acid groups (broad SMARTS) is 1. The molecule has 0 spiro atoms. The summed E-state index contributed by atoms with van der Waals surface area (Å²) in [5, 5.41) is 11.3. The number of ether oxygens (including phenoxy) is 1. The van der Waals surface area contributed by atoms with Crippen molar-refractivity contribution >= 4 is 12.1 Å². The topological polar surface area (TPSA) is 93.5 Å². The van der Waals surface area contributed by atoms with Gasteiger partial charge in [0.05, 0.1) is 12.9 Å². The number of alkyl carbamates (subject to hydrolysis) is 1. The highest BCUT2D eigenvalue weighted by molar-refractivity contribution is 5.79. The first kappa shape index (κ1) is 14.0. The maximum absolute atomic E-state index is 11.5. The Bertz CT molecular complexity index is 408. The molecular formula is C11H17N3O4. The second-order valence-electron chi connectivity index (χ2n) is 4.80. The van der Waals surface area contributed by atoms with E-state index >= 15 is 0 Å². The van der Waals surface area contributed by atoms with Gasteiger partial charge in [0.25, 0.3) is 0 Å². The number of carboxylic acids is 1. The summed E-state index contributed by atoms with van der Waals surface area (Å²) < 4.78 is 6.56. The van der Waals surface area contributed by atoms with E-state index in [0.717, 1.165) is 0 Å². The normalized spacial score (nSPS) is 12.8. The largest absolute Gasteiger partial charge is 0.480 e. The van der Waals surface area contributed by atoms with Gasteiger partial charge < -0.3 is 19.7 Å². The second-order valence-corrected chi connectivity index (χ2v) is 4.80. The monoisotopic (exact) mass is 255 g/mol. The number of aliphatic carboxylic acids is 1. The van der Waals surface area contributed by atoms with Crippen LogP contribution in [-0.2, 0) is 16.1 Å². The number of hydrogen-bond donors (Lipinski definition) is 2. The molecule has 1 amide bonds. The van der Waals surface area contributed by atoms with E-state index in [1.54, 1.807) is 31.5 Å². The molecule has 1 atom stereocenters. The van der Waals surface area contributed by atoms with Gasteiger partial charge in [0, 0.05) is 12.4 Å². The van der Waals surface area contributed by atoms with Crippen LogP contribution in [0.2, 0.25) is 0 Å². The predicted molar refractivity (Wildman–Crippen MR) is 63.0 cm³/mol. The minimum atomic E-state index is -1.13. The average molecular weight is 255 g/mol. The van der Waals surface area contributed by atoms with E-state index in [2.05, 4.69) is 10.3 Å². The van der Waals surface area contributed by atoms with Gasteiger partial charge in [-0.1, -0.05) is 0 Å². The number of rotatable bonds is 4. The molecule has 1 heterocycles. The van der Waals surface area contributed by atoms with Gasteiger partial charge in [-0.2, -0.15) is 0 Å². The second kappa shape index (κ2) is 5.52. The Morgan fingerprint density at radius 3 is 2.61 bits per heavy atom. The fourth-order valence-electron chi connectivity index (χ4n) is 1.24. The van der Waals surface area contributed by atoms with Crippen molar-refractivity contribution in [3.05, 3.63) is 18.7 Å². The van der Waals surface area contributed by atoms with Crippen LogP contribution in [0, 0.1) is 0 Å². The fraction of sp³-hybridized carbons (Fsp3) is 0.545. The minimum Gasteiger partial charge on any atom is -0.480 e. The lowest BCUT2D eigenvalue weighted by molar-refractivity contribution is -0.139. The van der Waals surface area contributed by atoms with Crippen molar-refractivity contribution in [1.29, 1.82) is 0 Å². The Kier molecular flexibility index (Phi) is 4.30. The van der Waals surface area contributed by atoms with Crippen LogP contribution < -0.4 is 5.32 Å². The molecule has 100 valence electrons. The summed E-state index contributed by atoms with van der Waals surface area (Å²) in [6.07, 6.45) is 3.88. The first-order chi connectivity index (χ1) is 8.28. The highest BCUT2D eigenvalue weighted by Gasteiger charge is 2.24. The van der Waals surface area contributed by atoms with Crippen molar-refractivity contribution in [2.45, 2.75) is 39.0 Å². The van der Waals surface area contributed by atoms with Crippen molar-refractivity contribution in [2.75, 3.05) is 0 Å². The molecule has 7 nitrogen and oxygen atoms in total. The van der Waals surface area contributed by atoms with Crippen LogP contribution in [-0.4, -0.2) is 38.4 Å². The van der Waals surface area contributed by atoms with E-state index in [-0.39, 0.29) is 6.54 Å². The molecular weight excluding hydrogens is 238 g/mol. The zero-order valence-corrected chi connectivity index (χ0v) is 10.6. The molecule has 0 saturated carbocycles. The molecule has 0 fully saturated rings. The molecule has 1 aromatic heterocycles. The Morgan fingerprint density at radius 2 is 2.17 bits per heavy atom. The summed E-state index contributed by atoms with van der Waals surface area (Å²) in [4.78, 5) is 26.3. The lowest BCUT2D eigenvalue weighted by Gasteiger charge is -2.22. The third-order valence-electron chi connectivity index (χ3n) is 1.94. The Hall–Kier alpha value is -2.05. The van der Waals surface area contributed by atoms with Crippen LogP contribution in [0.15, 0.2) is 18.7 Å². The summed E-state index contributed by atoms with van der Waals surface area (Å²) in [5.74, 6) is -1.13. The first-order valence-corrected chi connectivity index (χ1v) is 5.46. The highest BCUT2D eigenvalue weighted by atomic mass is 16.6. The maximum Gasteiger partial charge on any atom is 0.408 e. The molecule has 0 bridgehead atoms. The molecule has 18 heavy (non-hydrogen) atoms. The van der Waals surface area contributed by atoms with Gasteiger partial charge in [-0.15, -0.1) is 0 Å². The van der Waals surface area contributed by atoms with Crippen molar-refractivity contribution < 1.29 is 19.4 Å². The number of carbonyl (C=O) groups excluding carboxylic acids is 1. The molecule has 1 aromatic rings. The van der Waals surface area contributed by atoms with E-state index in [9.17, 15) is 9.59 Å². The summed E-state index contributed by atoms with van der Waals surface area (Å²) in [5.41, 5.74) is -0.665. The third-order valence-corrected chi connectivity index (χ3v) is 1.94. The summed E-state index contributed by atoms with van der Waals surface area (Å²) in [6, 6.07) is -1.06. The number of amides is 1. The van der Waals surface area contributed by atoms with Gasteiger partial charge >= 0.3 is 12.1 Å². The van der Waals surface area contributed by atoms with Crippen molar-refractivity contribution in [3.63, 3.8) is 0 Å². The number of nitrogens with one attached hydrogen (secondary N) is 1. The molecule has 0 aromatic carbocycles. The number of carbonyl (C=O) groups is 2. The van der Waals surface area contributed by atoms with Crippen LogP contribution >= 0.6 is 0 Å². The summed E-state index contributed by atoms with van der Waals surface area (Å²) in [7, 11) is 0. The lowest BCUT2D eigenvalue weighted by Crippen LogP contribution is -2.45. The summed E-state index contributed by atoms with van der Waals surface area (Å²) in [6.45, 7) is 5.21. The molecule has 7 heteroatoms. The molecule has 0 aliphatic carbocycles. The average Bonchev–Trinajstić information content (AvgIpc) is 2.66. The zero-order chi connectivity index (χ0) is 13.8. The van der Waals surface area contributed by atoms with E-state index in [4.69, 9.17) is 9.84 Å². The first-order valence-electron chi connectivity index (χ1n) is 5.46. The van der Waals surface area contributed by atoms with Gasteiger partial charge in [0.1, 0.15) is 11.6 Å². The Labute approximate surface area is 105 Å². The molecule has 1 unspecified atom stereocenters. The molecule has 1 rings (SSSR count). The van der Waals surface area contributed by atoms with E-state index < -0.39 is 23.7 Å². The van der Waals surface area contributed by atoms with Crippen molar-refractivity contribution in [3.8, 4) is 0 Å². The standard InChI is InChI=1S/C11H17N3O4/c1-11(2,3)18-10(17)13-8(9(15)16)6-14-5-4-12-7-14/h4-5,7-8H,6H2,1-3H3,(H,13,17)(H,15,16). The number of aromatic nitrogens is 2. The highest BCUT2D eigenvalue weighted by Crippen LogP contribution is 2.07. The van der Waals surface area contributed by atoms with Crippen molar-refractivity contribution in [2.24, 2.45) is 0 Å². The molecule has 2 N–H and O–H groups in total.